The van der Waals surface area contributed by atoms with Gasteiger partial charge in [0.15, 0.2) is 6.17 Å². The highest BCUT2D eigenvalue weighted by Gasteiger charge is 2.47. The van der Waals surface area contributed by atoms with Crippen LogP contribution in [0, 0.1) is 5.41 Å². The van der Waals surface area contributed by atoms with E-state index in [-0.39, 0.29) is 24.3 Å². The summed E-state index contributed by atoms with van der Waals surface area (Å²) in [6.07, 6.45) is -0.202. The number of amides is 2. The van der Waals surface area contributed by atoms with Crippen LogP contribution in [0.4, 0.5) is 9.18 Å². The zero-order chi connectivity index (χ0) is 25.4. The Morgan fingerprint density at radius 2 is 1.91 bits per heavy atom. The van der Waals surface area contributed by atoms with Crippen molar-refractivity contribution in [2.24, 2.45) is 11.1 Å². The van der Waals surface area contributed by atoms with Crippen LogP contribution < -0.4 is 10.5 Å². The Labute approximate surface area is 198 Å². The predicted octanol–water partition coefficient (Wildman–Crippen LogP) is 3.30. The van der Waals surface area contributed by atoms with E-state index in [1.165, 1.54) is 0 Å². The minimum atomic E-state index is -1.59. The molecule has 1 aromatic carbocycles. The highest BCUT2D eigenvalue weighted by atomic mass is 19.1. The summed E-state index contributed by atoms with van der Waals surface area (Å²) in [6.45, 7) is 9.11. The zero-order valence-corrected chi connectivity index (χ0v) is 20.2. The molecule has 186 valence electrons. The Kier molecular flexibility index (Phi) is 6.93. The average molecular weight is 477 g/mol. The molecule has 3 atom stereocenters. The smallest absolute Gasteiger partial charge is 0.407 e. The molecule has 0 radical (unpaired) electrons. The summed E-state index contributed by atoms with van der Waals surface area (Å²) in [4.78, 5) is 25.0. The van der Waals surface area contributed by atoms with E-state index >= 15 is 4.39 Å². The fourth-order valence-corrected chi connectivity index (χ4v) is 4.39. The van der Waals surface area contributed by atoms with E-state index < -0.39 is 41.3 Å². The second kappa shape index (κ2) is 9.25. The Morgan fingerprint density at radius 3 is 2.47 bits per heavy atom. The lowest BCUT2D eigenvalue weighted by Crippen LogP contribution is -2.60. The normalized spacial score (nSPS) is 21.4. The summed E-state index contributed by atoms with van der Waals surface area (Å²) in [7, 11) is 0. The lowest BCUT2D eigenvalue weighted by atomic mass is 9.78. The number of carboxylic acid groups (broad SMARTS) is 1. The van der Waals surface area contributed by atoms with Crippen molar-refractivity contribution in [1.29, 1.82) is 0 Å². The van der Waals surface area contributed by atoms with Crippen LogP contribution in [0.15, 0.2) is 30.6 Å². The van der Waals surface area contributed by atoms with E-state index in [0.29, 0.717) is 17.7 Å². The molecular formula is C24H33FN4O5. The van der Waals surface area contributed by atoms with E-state index in [9.17, 15) is 19.8 Å². The van der Waals surface area contributed by atoms with Gasteiger partial charge in [-0.1, -0.05) is 26.8 Å². The van der Waals surface area contributed by atoms with Crippen molar-refractivity contribution < 1.29 is 28.9 Å². The number of benzene rings is 1. The predicted molar refractivity (Wildman–Crippen MR) is 124 cm³/mol. The third kappa shape index (κ3) is 5.67. The Balaban J connectivity index is 1.87. The number of primary amides is 1. The van der Waals surface area contributed by atoms with Gasteiger partial charge in [-0.2, -0.15) is 5.10 Å². The number of alkyl halides is 1. The lowest BCUT2D eigenvalue weighted by molar-refractivity contribution is -0.0514. The summed E-state index contributed by atoms with van der Waals surface area (Å²) in [6, 6.07) is 3.94. The molecule has 2 aromatic rings. The molecule has 1 fully saturated rings. The van der Waals surface area contributed by atoms with E-state index in [0.717, 1.165) is 4.90 Å². The first kappa shape index (κ1) is 25.5. The molecule has 3 rings (SSSR count). The number of nitrogens with zero attached hydrogens (tertiary/aromatic N) is 3. The standard InChI is InChI=1S/C24H33FN4O5/c1-23(2,3)20-19(25)18(8-9-29(20)22(31)32)34-17-7-6-14(10-16(17)21(26)30)15-11-27-28(12-15)13-24(4,5)33/h6-7,10-12,18-20,33H,8-9,13H2,1-5H3,(H2,26,30)(H,31,32)/t18-,19+,20?/m0/s1. The van der Waals surface area contributed by atoms with Crippen molar-refractivity contribution in [1.82, 2.24) is 14.7 Å². The van der Waals surface area contributed by atoms with Gasteiger partial charge in [-0.15, -0.1) is 0 Å². The summed E-state index contributed by atoms with van der Waals surface area (Å²) in [5.41, 5.74) is 5.46. The van der Waals surface area contributed by atoms with Gasteiger partial charge < -0.3 is 25.6 Å². The number of hydrogen-bond donors (Lipinski definition) is 3. The highest BCUT2D eigenvalue weighted by molar-refractivity contribution is 5.97. The maximum absolute atomic E-state index is 15.5. The molecule has 2 amide bonds. The Bertz CT molecular complexity index is 1060. The lowest BCUT2D eigenvalue weighted by Gasteiger charge is -2.46. The van der Waals surface area contributed by atoms with E-state index in [1.807, 2.05) is 0 Å². The third-order valence-corrected chi connectivity index (χ3v) is 5.82. The zero-order valence-electron chi connectivity index (χ0n) is 20.2. The molecule has 0 saturated carbocycles. The second-order valence-corrected chi connectivity index (χ2v) is 10.5. The Morgan fingerprint density at radius 1 is 1.24 bits per heavy atom. The van der Waals surface area contributed by atoms with Gasteiger partial charge in [-0.25, -0.2) is 9.18 Å². The molecule has 1 aromatic heterocycles. The maximum atomic E-state index is 15.5. The molecule has 34 heavy (non-hydrogen) atoms. The number of hydrogen-bond acceptors (Lipinski definition) is 5. The molecule has 2 heterocycles. The summed E-state index contributed by atoms with van der Waals surface area (Å²) < 4.78 is 23.1. The van der Waals surface area contributed by atoms with Crippen molar-refractivity contribution >= 4 is 12.0 Å². The first-order valence-electron chi connectivity index (χ1n) is 11.2. The van der Waals surface area contributed by atoms with Crippen LogP contribution in [0.1, 0.15) is 51.4 Å². The van der Waals surface area contributed by atoms with Gasteiger partial charge >= 0.3 is 6.09 Å². The van der Waals surface area contributed by atoms with Crippen LogP contribution >= 0.6 is 0 Å². The van der Waals surface area contributed by atoms with Gasteiger partial charge in [0.25, 0.3) is 5.91 Å². The van der Waals surface area contributed by atoms with Crippen molar-refractivity contribution in [2.45, 2.75) is 71.5 Å². The minimum Gasteiger partial charge on any atom is -0.486 e. The van der Waals surface area contributed by atoms with Crippen molar-refractivity contribution in [3.8, 4) is 16.9 Å². The van der Waals surface area contributed by atoms with Crippen LogP contribution in [0.5, 0.6) is 5.75 Å². The fourth-order valence-electron chi connectivity index (χ4n) is 4.39. The van der Waals surface area contributed by atoms with Crippen LogP contribution in [0.2, 0.25) is 0 Å². The summed E-state index contributed by atoms with van der Waals surface area (Å²) in [5.74, 6) is -0.587. The number of halogens is 1. The number of rotatable bonds is 6. The molecule has 4 N–H and O–H groups in total. The maximum Gasteiger partial charge on any atom is 0.407 e. The number of ether oxygens (including phenoxy) is 1. The number of aromatic nitrogens is 2. The van der Waals surface area contributed by atoms with Gasteiger partial charge in [-0.05, 0) is 37.0 Å². The molecule has 1 aliphatic rings. The molecule has 10 heteroatoms. The molecule has 0 spiro atoms. The Hall–Kier alpha value is -3.14. The van der Waals surface area contributed by atoms with Gasteiger partial charge in [-0.3, -0.25) is 9.48 Å². The van der Waals surface area contributed by atoms with Crippen molar-refractivity contribution in [3.05, 3.63) is 36.2 Å². The summed E-state index contributed by atoms with van der Waals surface area (Å²) in [5, 5.41) is 23.8. The molecule has 1 aliphatic heterocycles. The van der Waals surface area contributed by atoms with Crippen LogP contribution in [-0.2, 0) is 6.54 Å². The van der Waals surface area contributed by atoms with Gasteiger partial charge in [0.05, 0.1) is 29.9 Å². The summed E-state index contributed by atoms with van der Waals surface area (Å²) >= 11 is 0. The number of likely N-dealkylation sites (tertiary alicyclic amines) is 1. The molecule has 0 aliphatic carbocycles. The number of aliphatic hydroxyl groups is 1. The quantitative estimate of drug-likeness (QED) is 0.586. The monoisotopic (exact) mass is 476 g/mol. The van der Waals surface area contributed by atoms with E-state index in [2.05, 4.69) is 5.10 Å². The first-order chi connectivity index (χ1) is 15.7. The van der Waals surface area contributed by atoms with E-state index in [4.69, 9.17) is 10.5 Å². The number of nitrogens with two attached hydrogens (primary N) is 1. The largest absolute Gasteiger partial charge is 0.486 e. The van der Waals surface area contributed by atoms with Crippen LogP contribution in [0.25, 0.3) is 11.1 Å². The van der Waals surface area contributed by atoms with Crippen molar-refractivity contribution in [3.63, 3.8) is 0 Å². The van der Waals surface area contributed by atoms with Crippen LogP contribution in [0.3, 0.4) is 0 Å². The molecule has 1 unspecified atom stereocenters. The number of carbonyl (C=O) groups excluding carboxylic acids is 1. The topological polar surface area (TPSA) is 131 Å². The van der Waals surface area contributed by atoms with Crippen LogP contribution in [-0.4, -0.2) is 67.4 Å². The van der Waals surface area contributed by atoms with Gasteiger partial charge in [0.2, 0.25) is 0 Å². The molecule has 9 nitrogen and oxygen atoms in total. The minimum absolute atomic E-state index is 0.0907. The van der Waals surface area contributed by atoms with Crippen molar-refractivity contribution in [2.75, 3.05) is 6.54 Å². The fraction of sp³-hybridized carbons (Fsp3) is 0.542. The molecule has 1 saturated heterocycles. The SMILES string of the molecule is CC(C)(O)Cn1cc(-c2ccc(O[C@H]3CCN(C(=O)O)C(C(C)(C)C)[C@@H]3F)c(C(N)=O)c2)cn1. The average Bonchev–Trinajstić information content (AvgIpc) is 3.14. The second-order valence-electron chi connectivity index (χ2n) is 10.5. The number of piperidine rings is 1. The van der Waals surface area contributed by atoms with Gasteiger partial charge in [0, 0.05) is 24.7 Å². The van der Waals surface area contributed by atoms with E-state index in [1.54, 1.807) is 69.9 Å². The first-order valence-corrected chi connectivity index (χ1v) is 11.2. The highest BCUT2D eigenvalue weighted by Crippen LogP contribution is 2.37. The molecule has 0 bridgehead atoms. The molecular weight excluding hydrogens is 443 g/mol. The van der Waals surface area contributed by atoms with Gasteiger partial charge in [0.1, 0.15) is 11.9 Å². The third-order valence-electron chi connectivity index (χ3n) is 5.82. The number of carbonyl (C=O) groups is 2.